The summed E-state index contributed by atoms with van der Waals surface area (Å²) < 4.78 is 0.864. The van der Waals surface area contributed by atoms with Crippen molar-refractivity contribution in [3.63, 3.8) is 0 Å². The van der Waals surface area contributed by atoms with Crippen LogP contribution in [0.4, 0.5) is 0 Å². The van der Waals surface area contributed by atoms with Gasteiger partial charge in [-0.2, -0.15) is 0 Å². The molecule has 2 aliphatic heterocycles. The molecule has 0 amide bonds. The molecule has 0 unspecified atom stereocenters. The zero-order valence-corrected chi connectivity index (χ0v) is 16.1. The fourth-order valence-corrected chi connectivity index (χ4v) is 4.94. The maximum atomic E-state index is 13.2. The third kappa shape index (κ3) is 3.21. The molecule has 0 saturated heterocycles. The number of rotatable bonds is 3. The molecule has 0 spiro atoms. The Bertz CT molecular complexity index is 872. The van der Waals surface area contributed by atoms with Crippen LogP contribution >= 0.6 is 27.7 Å². The van der Waals surface area contributed by atoms with Crippen molar-refractivity contribution in [2.24, 2.45) is 0 Å². The molecule has 2 heterocycles. The third-order valence-corrected chi connectivity index (χ3v) is 6.32. The number of ketones is 1. The van der Waals surface area contributed by atoms with Crippen molar-refractivity contribution in [2.45, 2.75) is 19.3 Å². The number of carbonyl (C=O) groups excluding carboxylic acids is 1. The lowest BCUT2D eigenvalue weighted by Gasteiger charge is -2.23. The molecule has 2 nitrogen and oxygen atoms in total. The van der Waals surface area contributed by atoms with E-state index in [9.17, 15) is 4.79 Å². The van der Waals surface area contributed by atoms with E-state index < -0.39 is 0 Å². The van der Waals surface area contributed by atoms with Gasteiger partial charge in [0, 0.05) is 27.6 Å². The second-order valence-corrected chi connectivity index (χ2v) is 7.90. The molecule has 2 aliphatic rings. The predicted octanol–water partition coefficient (Wildman–Crippen LogP) is 6.07. The van der Waals surface area contributed by atoms with Crippen molar-refractivity contribution in [1.82, 2.24) is 4.90 Å². The molecule has 0 atom stereocenters. The standard InChI is InChI=1S/C21H18BrNOS/c22-18-12-5-4-10-16(18)20(24)17-11-6-7-13-23-19(14-25-21(17)23)15-8-2-1-3-9-15/h1-5,8-10,12,14H,6-7,11,13H2. The van der Waals surface area contributed by atoms with Gasteiger partial charge in [-0.1, -0.05) is 70.2 Å². The topological polar surface area (TPSA) is 20.3 Å². The fourth-order valence-electron chi connectivity index (χ4n) is 3.33. The number of allylic oxidation sites excluding steroid dienone is 1. The molecule has 2 aromatic rings. The number of nitrogens with zero attached hydrogens (tertiary/aromatic N) is 1. The van der Waals surface area contributed by atoms with E-state index in [2.05, 4.69) is 50.5 Å². The maximum absolute atomic E-state index is 13.2. The SMILES string of the molecule is O=C(C1=C2SC=C(c3ccccc3)N2CCCC1)c1ccccc1Br. The predicted molar refractivity (Wildman–Crippen MR) is 108 cm³/mol. The Kier molecular flexibility index (Phi) is 4.82. The van der Waals surface area contributed by atoms with Crippen LogP contribution < -0.4 is 0 Å². The summed E-state index contributed by atoms with van der Waals surface area (Å²) in [6.07, 6.45) is 2.99. The minimum atomic E-state index is 0.143. The van der Waals surface area contributed by atoms with Crippen LogP contribution in [0.25, 0.3) is 5.70 Å². The van der Waals surface area contributed by atoms with Crippen molar-refractivity contribution < 1.29 is 4.79 Å². The molecule has 0 aromatic heterocycles. The first kappa shape index (κ1) is 16.7. The van der Waals surface area contributed by atoms with Gasteiger partial charge < -0.3 is 4.90 Å². The summed E-state index contributed by atoms with van der Waals surface area (Å²) in [7, 11) is 0. The first-order chi connectivity index (χ1) is 12.3. The van der Waals surface area contributed by atoms with Gasteiger partial charge >= 0.3 is 0 Å². The lowest BCUT2D eigenvalue weighted by atomic mass is 10.00. The van der Waals surface area contributed by atoms with Crippen LogP contribution in [-0.2, 0) is 0 Å². The molecular formula is C21H18BrNOS. The van der Waals surface area contributed by atoms with Gasteiger partial charge in [-0.15, -0.1) is 0 Å². The highest BCUT2D eigenvalue weighted by molar-refractivity contribution is 9.10. The van der Waals surface area contributed by atoms with E-state index in [1.165, 1.54) is 11.3 Å². The normalized spacial score (nSPS) is 17.2. The average molecular weight is 412 g/mol. The molecule has 0 N–H and O–H groups in total. The van der Waals surface area contributed by atoms with Crippen LogP contribution in [0.5, 0.6) is 0 Å². The zero-order chi connectivity index (χ0) is 17.2. The summed E-state index contributed by atoms with van der Waals surface area (Å²) in [4.78, 5) is 15.5. The van der Waals surface area contributed by atoms with Gasteiger partial charge in [-0.3, -0.25) is 4.79 Å². The zero-order valence-electron chi connectivity index (χ0n) is 13.7. The van der Waals surface area contributed by atoms with E-state index in [1.54, 1.807) is 11.8 Å². The number of Topliss-reactive ketones (excluding diaryl/α,β-unsaturated/α-hetero) is 1. The van der Waals surface area contributed by atoms with E-state index >= 15 is 0 Å². The summed E-state index contributed by atoms with van der Waals surface area (Å²) in [5, 5.41) is 3.29. The first-order valence-corrected chi connectivity index (χ1v) is 10.1. The van der Waals surface area contributed by atoms with E-state index in [-0.39, 0.29) is 5.78 Å². The smallest absolute Gasteiger partial charge is 0.192 e. The molecule has 126 valence electrons. The minimum Gasteiger partial charge on any atom is -0.335 e. The number of halogens is 1. The number of fused-ring (bicyclic) bond motifs is 1. The van der Waals surface area contributed by atoms with E-state index in [0.29, 0.717) is 0 Å². The molecule has 0 saturated carbocycles. The summed E-state index contributed by atoms with van der Waals surface area (Å²) in [5.41, 5.74) is 4.11. The van der Waals surface area contributed by atoms with E-state index in [1.807, 2.05) is 30.3 Å². The van der Waals surface area contributed by atoms with Crippen molar-refractivity contribution in [3.8, 4) is 0 Å². The van der Waals surface area contributed by atoms with Gasteiger partial charge in [0.05, 0.1) is 10.7 Å². The van der Waals surface area contributed by atoms with Gasteiger partial charge in [0.25, 0.3) is 0 Å². The molecule has 0 aliphatic carbocycles. The molecule has 2 aromatic carbocycles. The molecule has 4 rings (SSSR count). The van der Waals surface area contributed by atoms with Gasteiger partial charge in [0.15, 0.2) is 5.78 Å². The lowest BCUT2D eigenvalue weighted by molar-refractivity contribution is 0.102. The number of hydrogen-bond acceptors (Lipinski definition) is 3. The second kappa shape index (κ2) is 7.22. The largest absolute Gasteiger partial charge is 0.335 e. The van der Waals surface area contributed by atoms with Crippen LogP contribution in [0.1, 0.15) is 35.2 Å². The third-order valence-electron chi connectivity index (χ3n) is 4.60. The Hall–Kier alpha value is -1.78. The molecular weight excluding hydrogens is 394 g/mol. The fraction of sp³-hybridized carbons (Fsp3) is 0.190. The number of hydrogen-bond donors (Lipinski definition) is 0. The molecule has 0 fully saturated rings. The quantitative estimate of drug-likeness (QED) is 0.571. The summed E-state index contributed by atoms with van der Waals surface area (Å²) in [6.45, 7) is 0.968. The van der Waals surface area contributed by atoms with Crippen LogP contribution in [0.15, 0.2) is 75.1 Å². The Morgan fingerprint density at radius 2 is 1.76 bits per heavy atom. The van der Waals surface area contributed by atoms with Gasteiger partial charge in [-0.25, -0.2) is 0 Å². The number of thioether (sulfide) groups is 1. The van der Waals surface area contributed by atoms with Gasteiger partial charge in [0.1, 0.15) is 0 Å². The highest BCUT2D eigenvalue weighted by atomic mass is 79.9. The van der Waals surface area contributed by atoms with Crippen LogP contribution in [0.3, 0.4) is 0 Å². The molecule has 0 bridgehead atoms. The number of benzene rings is 2. The van der Waals surface area contributed by atoms with Crippen LogP contribution in [0, 0.1) is 0 Å². The molecule has 4 heteroatoms. The average Bonchev–Trinajstić information content (AvgIpc) is 2.95. The van der Waals surface area contributed by atoms with Gasteiger partial charge in [-0.05, 0) is 37.0 Å². The summed E-state index contributed by atoms with van der Waals surface area (Å²) in [5.74, 6) is 0.143. The lowest BCUT2D eigenvalue weighted by Crippen LogP contribution is -2.19. The Morgan fingerprint density at radius 1 is 1.00 bits per heavy atom. The highest BCUT2D eigenvalue weighted by Gasteiger charge is 2.30. The Morgan fingerprint density at radius 3 is 2.56 bits per heavy atom. The second-order valence-electron chi connectivity index (χ2n) is 6.19. The van der Waals surface area contributed by atoms with Crippen molar-refractivity contribution >= 4 is 39.2 Å². The van der Waals surface area contributed by atoms with Crippen molar-refractivity contribution in [3.05, 3.63) is 86.2 Å². The first-order valence-electron chi connectivity index (χ1n) is 8.48. The summed E-state index contributed by atoms with van der Waals surface area (Å²) >= 11 is 5.21. The van der Waals surface area contributed by atoms with Gasteiger partial charge in [0.2, 0.25) is 0 Å². The molecule has 25 heavy (non-hydrogen) atoms. The highest BCUT2D eigenvalue weighted by Crippen LogP contribution is 2.44. The number of carbonyl (C=O) groups is 1. The Labute approximate surface area is 160 Å². The van der Waals surface area contributed by atoms with Crippen LogP contribution in [0.2, 0.25) is 0 Å². The van der Waals surface area contributed by atoms with Crippen molar-refractivity contribution in [1.29, 1.82) is 0 Å². The maximum Gasteiger partial charge on any atom is 0.192 e. The Balaban J connectivity index is 1.73. The molecule has 0 radical (unpaired) electrons. The minimum absolute atomic E-state index is 0.143. The van der Waals surface area contributed by atoms with Crippen molar-refractivity contribution in [2.75, 3.05) is 6.54 Å². The monoisotopic (exact) mass is 411 g/mol. The van der Waals surface area contributed by atoms with E-state index in [4.69, 9.17) is 0 Å². The van der Waals surface area contributed by atoms with E-state index in [0.717, 1.165) is 46.4 Å². The van der Waals surface area contributed by atoms with Crippen LogP contribution in [-0.4, -0.2) is 17.2 Å². The summed E-state index contributed by atoms with van der Waals surface area (Å²) in [6, 6.07) is 18.1.